The highest BCUT2D eigenvalue weighted by Crippen LogP contribution is 2.28. The number of aromatic carboxylic acids is 1. The van der Waals surface area contributed by atoms with E-state index in [1.54, 1.807) is 18.2 Å². The molecule has 1 fully saturated rings. The summed E-state index contributed by atoms with van der Waals surface area (Å²) in [7, 11) is -3.97. The van der Waals surface area contributed by atoms with Crippen LogP contribution >= 0.6 is 0 Å². The summed E-state index contributed by atoms with van der Waals surface area (Å²) in [6.45, 7) is 7.44. The van der Waals surface area contributed by atoms with Crippen LogP contribution in [0.15, 0.2) is 71.6 Å². The summed E-state index contributed by atoms with van der Waals surface area (Å²) in [6.07, 6.45) is 0. The van der Waals surface area contributed by atoms with E-state index in [4.69, 9.17) is 4.74 Å². The van der Waals surface area contributed by atoms with E-state index in [1.165, 1.54) is 35.5 Å². The number of nitrogens with zero attached hydrogens (tertiary/aromatic N) is 2. The standard InChI is InChI=1S/C26H29N3O5S/c1-3-34-22-8-10-23(11-9-22)35(32,33)27-25-12-7-21(18-24(25)26(30)31)29-15-13-28(14-16-29)20-6-4-5-19(2)17-20/h4-12,17-18,27H,3,13-16H2,1-2H3,(H,30,31). The second-order valence-corrected chi connectivity index (χ2v) is 10.0. The van der Waals surface area contributed by atoms with E-state index in [1.807, 2.05) is 13.0 Å². The average Bonchev–Trinajstić information content (AvgIpc) is 2.85. The maximum atomic E-state index is 12.9. The number of anilines is 3. The smallest absolute Gasteiger partial charge is 0.337 e. The van der Waals surface area contributed by atoms with Gasteiger partial charge in [-0.2, -0.15) is 0 Å². The van der Waals surface area contributed by atoms with Crippen molar-refractivity contribution in [2.75, 3.05) is 47.3 Å². The van der Waals surface area contributed by atoms with Gasteiger partial charge in [-0.3, -0.25) is 4.72 Å². The van der Waals surface area contributed by atoms with E-state index < -0.39 is 16.0 Å². The Labute approximate surface area is 205 Å². The molecule has 184 valence electrons. The van der Waals surface area contributed by atoms with Gasteiger partial charge in [-0.15, -0.1) is 0 Å². The fraction of sp³-hybridized carbons (Fsp3) is 0.269. The minimum atomic E-state index is -3.97. The van der Waals surface area contributed by atoms with Gasteiger partial charge < -0.3 is 19.6 Å². The highest BCUT2D eigenvalue weighted by Gasteiger charge is 2.22. The molecule has 3 aromatic carbocycles. The molecule has 0 bridgehead atoms. The number of nitrogens with one attached hydrogen (secondary N) is 1. The van der Waals surface area contributed by atoms with Crippen LogP contribution in [0, 0.1) is 6.92 Å². The van der Waals surface area contributed by atoms with Crippen molar-refractivity contribution >= 4 is 33.1 Å². The lowest BCUT2D eigenvalue weighted by Crippen LogP contribution is -2.46. The Morgan fingerprint density at radius 3 is 2.14 bits per heavy atom. The first-order valence-corrected chi connectivity index (χ1v) is 12.9. The van der Waals surface area contributed by atoms with E-state index >= 15 is 0 Å². The predicted molar refractivity (Wildman–Crippen MR) is 137 cm³/mol. The number of piperazine rings is 1. The zero-order chi connectivity index (χ0) is 25.0. The van der Waals surface area contributed by atoms with Crippen molar-refractivity contribution in [3.8, 4) is 5.75 Å². The average molecular weight is 496 g/mol. The largest absolute Gasteiger partial charge is 0.494 e. The Morgan fingerprint density at radius 2 is 1.57 bits per heavy atom. The molecule has 0 amide bonds. The van der Waals surface area contributed by atoms with Crippen LogP contribution in [-0.4, -0.2) is 52.3 Å². The lowest BCUT2D eigenvalue weighted by molar-refractivity contribution is 0.0698. The summed E-state index contributed by atoms with van der Waals surface area (Å²) in [5.74, 6) is -0.640. The van der Waals surface area contributed by atoms with Crippen molar-refractivity contribution in [1.29, 1.82) is 0 Å². The zero-order valence-electron chi connectivity index (χ0n) is 19.8. The van der Waals surface area contributed by atoms with Gasteiger partial charge in [0, 0.05) is 37.6 Å². The summed E-state index contributed by atoms with van der Waals surface area (Å²) in [4.78, 5) is 16.4. The molecule has 2 N–H and O–H groups in total. The first-order chi connectivity index (χ1) is 16.8. The van der Waals surface area contributed by atoms with Crippen molar-refractivity contribution in [2.45, 2.75) is 18.7 Å². The fourth-order valence-corrected chi connectivity index (χ4v) is 5.21. The molecule has 0 aromatic heterocycles. The number of carboxylic acid groups (broad SMARTS) is 1. The molecule has 1 saturated heterocycles. The molecular formula is C26H29N3O5S. The minimum absolute atomic E-state index is 0.0218. The molecule has 35 heavy (non-hydrogen) atoms. The molecule has 9 heteroatoms. The Bertz CT molecular complexity index is 1300. The monoisotopic (exact) mass is 495 g/mol. The van der Waals surface area contributed by atoms with Gasteiger partial charge in [-0.1, -0.05) is 12.1 Å². The summed E-state index contributed by atoms with van der Waals surface area (Å²) < 4.78 is 33.5. The molecule has 1 aliphatic rings. The SMILES string of the molecule is CCOc1ccc(S(=O)(=O)Nc2ccc(N3CCN(c4cccc(C)c4)CC3)cc2C(=O)O)cc1. The normalized spacial score (nSPS) is 14.0. The number of benzene rings is 3. The minimum Gasteiger partial charge on any atom is -0.494 e. The lowest BCUT2D eigenvalue weighted by atomic mass is 10.1. The Hall–Kier alpha value is -3.72. The van der Waals surface area contributed by atoms with Crippen molar-refractivity contribution in [3.05, 3.63) is 77.9 Å². The second kappa shape index (κ2) is 10.3. The second-order valence-electron chi connectivity index (χ2n) is 8.36. The molecule has 1 aliphatic heterocycles. The first-order valence-electron chi connectivity index (χ1n) is 11.5. The van der Waals surface area contributed by atoms with E-state index in [-0.39, 0.29) is 16.1 Å². The lowest BCUT2D eigenvalue weighted by Gasteiger charge is -2.37. The number of hydrogen-bond donors (Lipinski definition) is 2. The molecule has 0 aliphatic carbocycles. The maximum Gasteiger partial charge on any atom is 0.337 e. The molecule has 0 radical (unpaired) electrons. The van der Waals surface area contributed by atoms with Crippen LogP contribution < -0.4 is 19.3 Å². The van der Waals surface area contributed by atoms with Gasteiger partial charge in [0.25, 0.3) is 10.0 Å². The molecule has 0 saturated carbocycles. The highest BCUT2D eigenvalue weighted by molar-refractivity contribution is 7.92. The van der Waals surface area contributed by atoms with E-state index in [2.05, 4.69) is 39.6 Å². The molecular weight excluding hydrogens is 466 g/mol. The van der Waals surface area contributed by atoms with Crippen LogP contribution in [0.2, 0.25) is 0 Å². The number of hydrogen-bond acceptors (Lipinski definition) is 6. The van der Waals surface area contributed by atoms with E-state index in [0.29, 0.717) is 12.4 Å². The molecule has 4 rings (SSSR count). The van der Waals surface area contributed by atoms with Crippen LogP contribution in [0.5, 0.6) is 5.75 Å². The van der Waals surface area contributed by atoms with Crippen LogP contribution in [0.3, 0.4) is 0 Å². The van der Waals surface area contributed by atoms with Crippen molar-refractivity contribution in [1.82, 2.24) is 0 Å². The van der Waals surface area contributed by atoms with Crippen molar-refractivity contribution in [3.63, 3.8) is 0 Å². The molecule has 8 nitrogen and oxygen atoms in total. The first kappa shape index (κ1) is 24.4. The molecule has 0 unspecified atom stereocenters. The summed E-state index contributed by atoms with van der Waals surface area (Å²) >= 11 is 0. The number of carbonyl (C=O) groups is 1. The maximum absolute atomic E-state index is 12.9. The predicted octanol–water partition coefficient (Wildman–Crippen LogP) is 4.22. The third-order valence-electron chi connectivity index (χ3n) is 5.93. The Morgan fingerprint density at radius 1 is 0.943 bits per heavy atom. The number of carboxylic acids is 1. The number of aryl methyl sites for hydroxylation is 1. The van der Waals surface area contributed by atoms with Gasteiger partial charge in [0.05, 0.1) is 22.8 Å². The summed E-state index contributed by atoms with van der Waals surface area (Å²) in [6, 6.07) is 19.1. The van der Waals surface area contributed by atoms with Gasteiger partial charge in [0.1, 0.15) is 5.75 Å². The van der Waals surface area contributed by atoms with Crippen LogP contribution in [-0.2, 0) is 10.0 Å². The number of ether oxygens (including phenoxy) is 1. The Kier molecular flexibility index (Phi) is 7.16. The topological polar surface area (TPSA) is 99.2 Å². The van der Waals surface area contributed by atoms with Crippen LogP contribution in [0.25, 0.3) is 0 Å². The zero-order valence-corrected chi connectivity index (χ0v) is 20.6. The number of sulfonamides is 1. The van der Waals surface area contributed by atoms with Gasteiger partial charge in [0.2, 0.25) is 0 Å². The summed E-state index contributed by atoms with van der Waals surface area (Å²) in [5.41, 5.74) is 3.05. The molecule has 1 heterocycles. The molecule has 3 aromatic rings. The van der Waals surface area contributed by atoms with Crippen molar-refractivity contribution in [2.24, 2.45) is 0 Å². The highest BCUT2D eigenvalue weighted by atomic mass is 32.2. The van der Waals surface area contributed by atoms with E-state index in [0.717, 1.165) is 31.9 Å². The fourth-order valence-electron chi connectivity index (χ4n) is 4.13. The molecule has 0 atom stereocenters. The molecule has 0 spiro atoms. The van der Waals surface area contributed by atoms with Gasteiger partial charge >= 0.3 is 5.97 Å². The van der Waals surface area contributed by atoms with Crippen molar-refractivity contribution < 1.29 is 23.1 Å². The van der Waals surface area contributed by atoms with Crippen LogP contribution in [0.4, 0.5) is 17.1 Å². The number of rotatable bonds is 8. The third-order valence-corrected chi connectivity index (χ3v) is 7.32. The third kappa shape index (κ3) is 5.68. The van der Waals surface area contributed by atoms with Gasteiger partial charge in [-0.25, -0.2) is 13.2 Å². The van der Waals surface area contributed by atoms with E-state index in [9.17, 15) is 18.3 Å². The van der Waals surface area contributed by atoms with Crippen LogP contribution in [0.1, 0.15) is 22.8 Å². The summed E-state index contributed by atoms with van der Waals surface area (Å²) in [5, 5.41) is 9.79. The quantitative estimate of drug-likeness (QED) is 0.483. The van der Waals surface area contributed by atoms with Gasteiger partial charge in [0.15, 0.2) is 0 Å². The Balaban J connectivity index is 1.50. The van der Waals surface area contributed by atoms with Gasteiger partial charge in [-0.05, 0) is 74.0 Å².